The predicted octanol–water partition coefficient (Wildman–Crippen LogP) is 6.51. The number of carbonyl (C=O) groups excluding carboxylic acids is 2. The van der Waals surface area contributed by atoms with Crippen molar-refractivity contribution in [3.8, 4) is 0 Å². The Kier molecular flexibility index (Phi) is 21.2. The molecule has 0 aromatic rings. The van der Waals surface area contributed by atoms with Gasteiger partial charge in [-0.1, -0.05) is 103 Å². The van der Waals surface area contributed by atoms with Crippen LogP contribution >= 0.6 is 0 Å². The molecule has 0 aliphatic carbocycles. The Morgan fingerprint density at radius 1 is 0.528 bits per heavy atom. The molecule has 0 atom stereocenters. The molecule has 214 valence electrons. The predicted molar refractivity (Wildman–Crippen MR) is 151 cm³/mol. The van der Waals surface area contributed by atoms with Crippen molar-refractivity contribution in [2.45, 2.75) is 116 Å². The summed E-state index contributed by atoms with van der Waals surface area (Å²) in [4.78, 5) is 24.1. The molecule has 0 aliphatic heterocycles. The van der Waals surface area contributed by atoms with Gasteiger partial charge in [0.2, 0.25) is 0 Å². The topological polar surface area (TPSA) is 52.6 Å². The van der Waals surface area contributed by atoms with Gasteiger partial charge in [0.1, 0.15) is 26.3 Å². The van der Waals surface area contributed by atoms with Crippen molar-refractivity contribution < 1.29 is 28.0 Å². The van der Waals surface area contributed by atoms with Crippen molar-refractivity contribution in [3.05, 3.63) is 0 Å². The molecule has 6 heteroatoms. The number of likely N-dealkylation sites (N-methyl/N-ethyl adjacent to an activating group) is 2. The summed E-state index contributed by atoms with van der Waals surface area (Å²) < 4.78 is 12.0. The molecular formula is C30H62N2O4+2. The van der Waals surface area contributed by atoms with Crippen LogP contribution < -0.4 is 0 Å². The highest BCUT2D eigenvalue weighted by Crippen LogP contribution is 2.14. The van der Waals surface area contributed by atoms with Crippen molar-refractivity contribution in [1.29, 1.82) is 0 Å². The van der Waals surface area contributed by atoms with E-state index in [4.69, 9.17) is 9.47 Å². The maximum Gasteiger partial charge on any atom is 0.361 e. The van der Waals surface area contributed by atoms with Gasteiger partial charge < -0.3 is 18.4 Å². The molecule has 0 amide bonds. The fourth-order valence-electron chi connectivity index (χ4n) is 4.20. The average molecular weight is 515 g/mol. The lowest BCUT2D eigenvalue weighted by Gasteiger charge is -2.28. The van der Waals surface area contributed by atoms with E-state index >= 15 is 0 Å². The Morgan fingerprint density at radius 3 is 1.36 bits per heavy atom. The van der Waals surface area contributed by atoms with E-state index < -0.39 is 0 Å². The highest BCUT2D eigenvalue weighted by molar-refractivity contribution is 5.70. The minimum atomic E-state index is -0.201. The molecule has 0 aromatic heterocycles. The number of carbonyl (C=O) groups is 2. The Hall–Kier alpha value is -1.14. The second-order valence-electron chi connectivity index (χ2n) is 12.3. The molecule has 0 unspecified atom stereocenters. The van der Waals surface area contributed by atoms with Crippen molar-refractivity contribution in [1.82, 2.24) is 0 Å². The highest BCUT2D eigenvalue weighted by Gasteiger charge is 2.22. The molecule has 0 heterocycles. The van der Waals surface area contributed by atoms with Gasteiger partial charge in [-0.15, -0.1) is 0 Å². The van der Waals surface area contributed by atoms with Crippen LogP contribution in [0.15, 0.2) is 0 Å². The fraction of sp³-hybridized carbons (Fsp3) is 0.933. The monoisotopic (exact) mass is 514 g/mol. The molecular weight excluding hydrogens is 452 g/mol. The van der Waals surface area contributed by atoms with Crippen LogP contribution in [0.4, 0.5) is 0 Å². The quantitative estimate of drug-likeness (QED) is 0.0792. The highest BCUT2D eigenvalue weighted by atomic mass is 16.5. The van der Waals surface area contributed by atoms with E-state index in [1.165, 1.54) is 89.9 Å². The largest absolute Gasteiger partial charge is 0.460 e. The molecule has 0 rings (SSSR count). The average Bonchev–Trinajstić information content (AvgIpc) is 2.77. The zero-order valence-electron chi connectivity index (χ0n) is 25.1. The lowest BCUT2D eigenvalue weighted by Crippen LogP contribution is -2.47. The van der Waals surface area contributed by atoms with E-state index in [9.17, 15) is 9.59 Å². The molecule has 0 aromatic carbocycles. The maximum atomic E-state index is 12.1. The summed E-state index contributed by atoms with van der Waals surface area (Å²) in [7, 11) is 10.1. The van der Waals surface area contributed by atoms with Crippen LogP contribution in [-0.2, 0) is 19.1 Å². The number of quaternary nitrogens is 2. The molecule has 6 nitrogen and oxygen atoms in total. The molecule has 0 radical (unpaired) electrons. The number of hydrogen-bond donors (Lipinski definition) is 0. The lowest BCUT2D eigenvalue weighted by atomic mass is 10.0. The Labute approximate surface area is 224 Å². The third-order valence-corrected chi connectivity index (χ3v) is 6.78. The Morgan fingerprint density at radius 2 is 0.917 bits per heavy atom. The SMILES string of the molecule is CCCCCCCCCCCCCCCCCCC(=O)OCC[N+](C)(C)CC(=O)OCC[N+](C)(C)C. The first-order chi connectivity index (χ1) is 17.1. The van der Waals surface area contributed by atoms with Crippen molar-refractivity contribution in [2.75, 3.05) is 68.1 Å². The zero-order valence-corrected chi connectivity index (χ0v) is 25.1. The van der Waals surface area contributed by atoms with E-state index in [1.54, 1.807) is 0 Å². The summed E-state index contributed by atoms with van der Waals surface area (Å²) in [6.07, 6.45) is 21.7. The van der Waals surface area contributed by atoms with Crippen molar-refractivity contribution >= 4 is 11.9 Å². The van der Waals surface area contributed by atoms with Gasteiger partial charge in [-0.2, -0.15) is 0 Å². The van der Waals surface area contributed by atoms with Gasteiger partial charge in [0.15, 0.2) is 6.54 Å². The van der Waals surface area contributed by atoms with Crippen molar-refractivity contribution in [3.63, 3.8) is 0 Å². The molecule has 36 heavy (non-hydrogen) atoms. The van der Waals surface area contributed by atoms with Gasteiger partial charge in [0.05, 0.1) is 35.2 Å². The Bertz CT molecular complexity index is 544. The summed E-state index contributed by atoms with van der Waals surface area (Å²) in [5.41, 5.74) is 0. The minimum Gasteiger partial charge on any atom is -0.460 e. The van der Waals surface area contributed by atoms with Gasteiger partial charge in [0.25, 0.3) is 0 Å². The molecule has 0 saturated heterocycles. The molecule has 0 N–H and O–H groups in total. The molecule has 0 spiro atoms. The van der Waals surface area contributed by atoms with Crippen LogP contribution in [0.3, 0.4) is 0 Å². The van der Waals surface area contributed by atoms with E-state index in [2.05, 4.69) is 28.1 Å². The second-order valence-corrected chi connectivity index (χ2v) is 12.3. The standard InChI is InChI=1S/C30H62N2O4/c1-7-8-9-10-11-12-13-14-15-16-17-18-19-20-21-22-23-29(33)35-27-25-32(5,6)28-30(34)36-26-24-31(2,3)4/h7-28H2,1-6H3/q+2. The summed E-state index contributed by atoms with van der Waals surface area (Å²) in [6, 6.07) is 0. The molecule has 0 aliphatic rings. The maximum absolute atomic E-state index is 12.1. The molecule has 0 fully saturated rings. The van der Waals surface area contributed by atoms with Gasteiger partial charge in [-0.3, -0.25) is 4.79 Å². The number of nitrogens with zero attached hydrogens (tertiary/aromatic N) is 2. The number of esters is 2. The van der Waals surface area contributed by atoms with E-state index in [0.717, 1.165) is 23.9 Å². The normalized spacial score (nSPS) is 12.1. The van der Waals surface area contributed by atoms with Crippen LogP contribution in [0.5, 0.6) is 0 Å². The smallest absolute Gasteiger partial charge is 0.361 e. The number of unbranched alkanes of at least 4 members (excludes halogenated alkanes) is 15. The Balaban J connectivity index is 3.52. The second kappa shape index (κ2) is 21.9. The van der Waals surface area contributed by atoms with Gasteiger partial charge >= 0.3 is 11.9 Å². The van der Waals surface area contributed by atoms with Crippen molar-refractivity contribution in [2.24, 2.45) is 0 Å². The number of ether oxygens (including phenoxy) is 2. The van der Waals surface area contributed by atoms with Crippen LogP contribution in [0.25, 0.3) is 0 Å². The van der Waals surface area contributed by atoms with Crippen LogP contribution in [0.2, 0.25) is 0 Å². The minimum absolute atomic E-state index is 0.120. The van der Waals surface area contributed by atoms with E-state index in [1.807, 2.05) is 14.1 Å². The fourth-order valence-corrected chi connectivity index (χ4v) is 4.20. The summed E-state index contributed by atoms with van der Waals surface area (Å²) in [5, 5.41) is 0. The summed E-state index contributed by atoms with van der Waals surface area (Å²) in [6.45, 7) is 4.73. The molecule has 0 bridgehead atoms. The van der Waals surface area contributed by atoms with Crippen LogP contribution in [-0.4, -0.2) is 89.0 Å². The van der Waals surface area contributed by atoms with Crippen LogP contribution in [0.1, 0.15) is 116 Å². The zero-order chi connectivity index (χ0) is 27.1. The van der Waals surface area contributed by atoms with Gasteiger partial charge in [0, 0.05) is 6.42 Å². The van der Waals surface area contributed by atoms with Gasteiger partial charge in [-0.05, 0) is 6.42 Å². The molecule has 0 saturated carbocycles. The first-order valence-electron chi connectivity index (χ1n) is 15.0. The number of rotatable bonds is 25. The first kappa shape index (κ1) is 34.9. The third kappa shape index (κ3) is 25.9. The number of hydrogen-bond acceptors (Lipinski definition) is 4. The van der Waals surface area contributed by atoms with Gasteiger partial charge in [-0.25, -0.2) is 4.79 Å². The summed E-state index contributed by atoms with van der Waals surface area (Å²) in [5.74, 6) is -0.321. The first-order valence-corrected chi connectivity index (χ1v) is 15.0. The summed E-state index contributed by atoms with van der Waals surface area (Å²) >= 11 is 0. The third-order valence-electron chi connectivity index (χ3n) is 6.78. The van der Waals surface area contributed by atoms with E-state index in [0.29, 0.717) is 30.7 Å². The van der Waals surface area contributed by atoms with E-state index in [-0.39, 0.29) is 18.5 Å². The lowest BCUT2D eigenvalue weighted by molar-refractivity contribution is -0.883. The van der Waals surface area contributed by atoms with Crippen LogP contribution in [0, 0.1) is 0 Å².